The molecule has 4 nitrogen and oxygen atoms in total. The van der Waals surface area contributed by atoms with E-state index >= 15 is 0 Å². The first-order valence-electron chi connectivity index (χ1n) is 5.35. The number of carboxylic acid groups (broad SMARTS) is 1. The number of benzene rings is 1. The maximum atomic E-state index is 12.1. The van der Waals surface area contributed by atoms with E-state index in [1.165, 1.54) is 3.56 Å². The Kier molecular flexibility index (Phi) is 3.22. The van der Waals surface area contributed by atoms with Gasteiger partial charge in [0, 0.05) is 0 Å². The van der Waals surface area contributed by atoms with E-state index in [2.05, 4.69) is 0 Å². The van der Waals surface area contributed by atoms with Crippen molar-refractivity contribution >= 4 is 30.3 Å². The average molecular weight is 298 g/mol. The Bertz CT molecular complexity index is 611. The summed E-state index contributed by atoms with van der Waals surface area (Å²) in [6, 6.07) is 6.62. The topological polar surface area (TPSA) is 59.3 Å². The van der Waals surface area contributed by atoms with Crippen LogP contribution in [0, 0.1) is 5.92 Å². The van der Waals surface area contributed by atoms with E-state index in [1.54, 1.807) is 6.07 Å². The van der Waals surface area contributed by atoms with Crippen molar-refractivity contribution in [3.05, 3.63) is 34.6 Å². The zero-order valence-electron chi connectivity index (χ0n) is 9.58. The van der Waals surface area contributed by atoms with Gasteiger partial charge in [-0.3, -0.25) is 0 Å². The molecule has 1 heterocycles. The number of fused-ring (bicyclic) bond motifs is 1. The summed E-state index contributed by atoms with van der Waals surface area (Å²) in [5.41, 5.74) is -0.151. The first kappa shape index (κ1) is 12.1. The van der Waals surface area contributed by atoms with Gasteiger partial charge in [0.05, 0.1) is 0 Å². The van der Waals surface area contributed by atoms with Gasteiger partial charge in [-0.15, -0.1) is 0 Å². The molecule has 0 aliphatic carbocycles. The quantitative estimate of drug-likeness (QED) is 0.870. The van der Waals surface area contributed by atoms with Crippen molar-refractivity contribution in [2.75, 3.05) is 0 Å². The fraction of sp³-hybridized carbons (Fsp3) is 0.333. The van der Waals surface area contributed by atoms with Crippen molar-refractivity contribution in [3.8, 4) is 0 Å². The molecule has 1 aromatic heterocycles. The summed E-state index contributed by atoms with van der Waals surface area (Å²) < 4.78 is 2.47. The monoisotopic (exact) mass is 299 g/mol. The van der Waals surface area contributed by atoms with Crippen LogP contribution < -0.4 is 5.56 Å². The van der Waals surface area contributed by atoms with E-state index in [1.807, 2.05) is 32.0 Å². The number of aliphatic carboxylic acids is 1. The van der Waals surface area contributed by atoms with Crippen LogP contribution in [0.2, 0.25) is 0 Å². The Hall–Kier alpha value is -1.32. The molecular weight excluding hydrogens is 285 g/mol. The van der Waals surface area contributed by atoms with E-state index < -0.39 is 12.0 Å². The molecule has 1 aromatic carbocycles. The third-order valence-electron chi connectivity index (χ3n) is 2.65. The molecule has 2 aromatic rings. The van der Waals surface area contributed by atoms with E-state index in [4.69, 9.17) is 0 Å². The first-order valence-corrected chi connectivity index (χ1v) is 6.98. The van der Waals surface area contributed by atoms with Crippen LogP contribution >= 0.6 is 0 Å². The second kappa shape index (κ2) is 4.51. The molecule has 0 saturated heterocycles. The van der Waals surface area contributed by atoms with Crippen molar-refractivity contribution in [1.29, 1.82) is 0 Å². The zero-order valence-corrected chi connectivity index (χ0v) is 11.3. The van der Waals surface area contributed by atoms with Crippen molar-refractivity contribution in [2.45, 2.75) is 19.9 Å². The second-order valence-corrected chi connectivity index (χ2v) is 6.38. The summed E-state index contributed by atoms with van der Waals surface area (Å²) in [4.78, 5) is 23.4. The number of hydrogen-bond acceptors (Lipinski definition) is 2. The Morgan fingerprint density at radius 1 is 1.35 bits per heavy atom. The number of hydrogen-bond donors (Lipinski definition) is 1. The summed E-state index contributed by atoms with van der Waals surface area (Å²) in [7, 11) is 0. The van der Waals surface area contributed by atoms with Gasteiger partial charge in [-0.2, -0.15) is 0 Å². The molecular formula is C12H13NO3Se. The zero-order chi connectivity index (χ0) is 12.6. The normalized spacial score (nSPS) is 13.1. The summed E-state index contributed by atoms with van der Waals surface area (Å²) in [6.45, 7) is 3.65. The van der Waals surface area contributed by atoms with Gasteiger partial charge in [0.25, 0.3) is 0 Å². The van der Waals surface area contributed by atoms with Gasteiger partial charge in [0.2, 0.25) is 0 Å². The van der Waals surface area contributed by atoms with Crippen LogP contribution in [-0.4, -0.2) is 29.4 Å². The van der Waals surface area contributed by atoms with Gasteiger partial charge < -0.3 is 0 Å². The van der Waals surface area contributed by atoms with Gasteiger partial charge in [0.1, 0.15) is 0 Å². The van der Waals surface area contributed by atoms with E-state index in [-0.39, 0.29) is 26.2 Å². The number of carboxylic acids is 1. The fourth-order valence-electron chi connectivity index (χ4n) is 1.83. The Labute approximate surface area is 104 Å². The predicted octanol–water partition coefficient (Wildman–Crippen LogP) is 1.34. The minimum absolute atomic E-state index is 0.0902. The summed E-state index contributed by atoms with van der Waals surface area (Å²) >= 11 is -0.221. The second-order valence-electron chi connectivity index (χ2n) is 4.25. The van der Waals surface area contributed by atoms with Crippen molar-refractivity contribution in [2.24, 2.45) is 5.92 Å². The third kappa shape index (κ3) is 2.08. The van der Waals surface area contributed by atoms with Gasteiger partial charge in [-0.1, -0.05) is 0 Å². The van der Waals surface area contributed by atoms with Crippen LogP contribution in [0.1, 0.15) is 19.9 Å². The molecule has 17 heavy (non-hydrogen) atoms. The average Bonchev–Trinajstić information content (AvgIpc) is 2.56. The van der Waals surface area contributed by atoms with Crippen LogP contribution in [0.4, 0.5) is 0 Å². The van der Waals surface area contributed by atoms with Gasteiger partial charge >= 0.3 is 104 Å². The molecule has 0 aliphatic rings. The Morgan fingerprint density at radius 2 is 2.00 bits per heavy atom. The Balaban J connectivity index is 2.66. The molecule has 0 spiro atoms. The van der Waals surface area contributed by atoms with Gasteiger partial charge in [-0.25, -0.2) is 0 Å². The Morgan fingerprint density at radius 3 is 2.53 bits per heavy atom. The van der Waals surface area contributed by atoms with Crippen molar-refractivity contribution in [3.63, 3.8) is 0 Å². The molecule has 0 fully saturated rings. The summed E-state index contributed by atoms with van der Waals surface area (Å²) in [5.74, 6) is -1.02. The van der Waals surface area contributed by atoms with Crippen LogP contribution in [0.25, 0.3) is 9.65 Å². The van der Waals surface area contributed by atoms with Crippen LogP contribution in [0.15, 0.2) is 29.1 Å². The SMILES string of the molecule is CC(C)[C@H](C(=O)O)n1[se]c2ccccc2c1=O. The molecule has 90 valence electrons. The number of rotatable bonds is 3. The van der Waals surface area contributed by atoms with Crippen LogP contribution in [0.3, 0.4) is 0 Å². The predicted molar refractivity (Wildman–Crippen MR) is 66.7 cm³/mol. The van der Waals surface area contributed by atoms with Crippen LogP contribution in [0.5, 0.6) is 0 Å². The van der Waals surface area contributed by atoms with Gasteiger partial charge in [0.15, 0.2) is 0 Å². The molecule has 2 rings (SSSR count). The molecule has 0 radical (unpaired) electrons. The number of carbonyl (C=O) groups is 1. The fourth-order valence-corrected chi connectivity index (χ4v) is 4.42. The summed E-state index contributed by atoms with van der Waals surface area (Å²) in [5, 5.41) is 9.87. The van der Waals surface area contributed by atoms with E-state index in [0.29, 0.717) is 5.39 Å². The number of nitrogens with zero attached hydrogens (tertiary/aromatic N) is 1. The van der Waals surface area contributed by atoms with Crippen LogP contribution in [-0.2, 0) is 4.79 Å². The van der Waals surface area contributed by atoms with Crippen molar-refractivity contribution in [1.82, 2.24) is 3.56 Å². The van der Waals surface area contributed by atoms with E-state index in [9.17, 15) is 14.7 Å². The van der Waals surface area contributed by atoms with E-state index in [0.717, 1.165) is 4.26 Å². The maximum absolute atomic E-state index is 12.1. The molecule has 0 aliphatic heterocycles. The molecule has 1 N–H and O–H groups in total. The molecule has 1 atom stereocenters. The molecule has 0 saturated carbocycles. The van der Waals surface area contributed by atoms with Crippen molar-refractivity contribution < 1.29 is 9.90 Å². The molecule has 0 unspecified atom stereocenters. The third-order valence-corrected chi connectivity index (χ3v) is 5.05. The molecule has 0 amide bonds. The molecule has 0 bridgehead atoms. The summed E-state index contributed by atoms with van der Waals surface area (Å²) in [6.07, 6.45) is 0. The standard InChI is InChI=1S/C12H13NO3Se/c1-7(2)10(12(15)16)13-11(14)8-5-3-4-6-9(8)17-13/h3-7,10H,1-2H3,(H,15,16)/t10-/m1/s1. The first-order chi connectivity index (χ1) is 8.02. The molecule has 5 heteroatoms. The number of aromatic nitrogens is 1. The van der Waals surface area contributed by atoms with Gasteiger partial charge in [-0.05, 0) is 0 Å². The minimum atomic E-state index is -0.928.